The minimum absolute atomic E-state index is 0.0598. The molecule has 4 rings (SSSR count). The number of hydrogen-bond acceptors (Lipinski definition) is 6. The summed E-state index contributed by atoms with van der Waals surface area (Å²) in [6.07, 6.45) is 7.74. The molecule has 1 aliphatic rings. The zero-order chi connectivity index (χ0) is 19.5. The van der Waals surface area contributed by atoms with Gasteiger partial charge >= 0.3 is 0 Å². The van der Waals surface area contributed by atoms with E-state index >= 15 is 0 Å². The fourth-order valence-corrected chi connectivity index (χ4v) is 3.76. The van der Waals surface area contributed by atoms with Gasteiger partial charge < -0.3 is 16.0 Å². The van der Waals surface area contributed by atoms with Crippen molar-refractivity contribution in [2.24, 2.45) is 0 Å². The minimum atomic E-state index is -0.455. The summed E-state index contributed by atoms with van der Waals surface area (Å²) < 4.78 is 13.4. The van der Waals surface area contributed by atoms with Crippen molar-refractivity contribution in [3.05, 3.63) is 47.6 Å². The molecule has 3 aromatic rings. The Balaban J connectivity index is 1.56. The second kappa shape index (κ2) is 8.24. The van der Waals surface area contributed by atoms with Crippen LogP contribution in [0, 0.1) is 5.82 Å². The standard InChI is InChI=1S/C20H22ClFN6/c1-23-12-2-4-13(5-3-12)27-19-9-15-18(10-24-19)25-11-26-20(15)28-14-6-7-17(22)16(21)8-14/h6-13,23H,2-5H2,1H3,(H,24,27)(H,25,26,28). The normalized spacial score (nSPS) is 19.5. The number of hydrogen-bond donors (Lipinski definition) is 3. The van der Waals surface area contributed by atoms with E-state index in [0.29, 0.717) is 23.6 Å². The van der Waals surface area contributed by atoms with E-state index in [1.807, 2.05) is 13.1 Å². The van der Waals surface area contributed by atoms with E-state index in [1.165, 1.54) is 18.5 Å². The maximum atomic E-state index is 13.4. The van der Waals surface area contributed by atoms with Gasteiger partial charge in [0.25, 0.3) is 0 Å². The number of halogens is 2. The SMILES string of the molecule is CNC1CCC(Nc2cc3c(Nc4ccc(F)c(Cl)c4)ncnc3cn2)CC1. The van der Waals surface area contributed by atoms with Gasteiger partial charge in [0.2, 0.25) is 0 Å². The molecule has 146 valence electrons. The number of rotatable bonds is 5. The van der Waals surface area contributed by atoms with Crippen LogP contribution in [0.25, 0.3) is 10.9 Å². The number of nitrogens with one attached hydrogen (secondary N) is 3. The Morgan fingerprint density at radius 2 is 1.82 bits per heavy atom. The van der Waals surface area contributed by atoms with Crippen molar-refractivity contribution >= 4 is 39.8 Å². The van der Waals surface area contributed by atoms with E-state index in [1.54, 1.807) is 12.3 Å². The lowest BCUT2D eigenvalue weighted by Gasteiger charge is -2.29. The zero-order valence-electron chi connectivity index (χ0n) is 15.5. The van der Waals surface area contributed by atoms with Crippen LogP contribution in [-0.2, 0) is 0 Å². The van der Waals surface area contributed by atoms with Crippen molar-refractivity contribution in [3.63, 3.8) is 0 Å². The average Bonchev–Trinajstić information content (AvgIpc) is 2.72. The fourth-order valence-electron chi connectivity index (χ4n) is 3.58. The van der Waals surface area contributed by atoms with Crippen LogP contribution in [0.2, 0.25) is 5.02 Å². The highest BCUT2D eigenvalue weighted by Crippen LogP contribution is 2.28. The van der Waals surface area contributed by atoms with Crippen LogP contribution >= 0.6 is 11.6 Å². The predicted octanol–water partition coefficient (Wildman–Crippen LogP) is 4.50. The lowest BCUT2D eigenvalue weighted by molar-refractivity contribution is 0.371. The molecular formula is C20H22ClFN6. The fraction of sp³-hybridized carbons (Fsp3) is 0.350. The van der Waals surface area contributed by atoms with E-state index in [4.69, 9.17) is 11.6 Å². The van der Waals surface area contributed by atoms with Crippen molar-refractivity contribution in [2.75, 3.05) is 17.7 Å². The Hall–Kier alpha value is -2.51. The minimum Gasteiger partial charge on any atom is -0.367 e. The maximum Gasteiger partial charge on any atom is 0.141 e. The number of pyridine rings is 1. The van der Waals surface area contributed by atoms with Crippen molar-refractivity contribution in [3.8, 4) is 0 Å². The molecule has 0 saturated heterocycles. The summed E-state index contributed by atoms with van der Waals surface area (Å²) in [4.78, 5) is 13.1. The molecule has 0 bridgehead atoms. The first-order valence-electron chi connectivity index (χ1n) is 9.39. The molecule has 28 heavy (non-hydrogen) atoms. The molecule has 0 spiro atoms. The van der Waals surface area contributed by atoms with Crippen LogP contribution in [0.3, 0.4) is 0 Å². The van der Waals surface area contributed by atoms with Crippen molar-refractivity contribution in [1.82, 2.24) is 20.3 Å². The number of aromatic nitrogens is 3. The van der Waals surface area contributed by atoms with Gasteiger partial charge in [0.1, 0.15) is 23.8 Å². The molecule has 1 aliphatic carbocycles. The molecule has 6 nitrogen and oxygen atoms in total. The zero-order valence-corrected chi connectivity index (χ0v) is 16.3. The van der Waals surface area contributed by atoms with Crippen LogP contribution in [0.5, 0.6) is 0 Å². The molecule has 2 heterocycles. The van der Waals surface area contributed by atoms with Crippen LogP contribution in [0.4, 0.5) is 21.7 Å². The molecule has 0 radical (unpaired) electrons. The molecule has 1 aromatic carbocycles. The van der Waals surface area contributed by atoms with Crippen molar-refractivity contribution < 1.29 is 4.39 Å². The highest BCUT2D eigenvalue weighted by Gasteiger charge is 2.20. The summed E-state index contributed by atoms with van der Waals surface area (Å²) in [5.74, 6) is 0.968. The first-order chi connectivity index (χ1) is 13.6. The van der Waals surface area contributed by atoms with Gasteiger partial charge in [0, 0.05) is 23.2 Å². The third-order valence-corrected chi connectivity index (χ3v) is 5.48. The second-order valence-electron chi connectivity index (χ2n) is 7.04. The summed E-state index contributed by atoms with van der Waals surface area (Å²) in [5.41, 5.74) is 1.39. The molecule has 8 heteroatoms. The lowest BCUT2D eigenvalue weighted by atomic mass is 9.91. The Bertz CT molecular complexity index is 974. The second-order valence-corrected chi connectivity index (χ2v) is 7.45. The molecule has 0 aliphatic heterocycles. The molecule has 1 saturated carbocycles. The average molecular weight is 401 g/mol. The highest BCUT2D eigenvalue weighted by atomic mass is 35.5. The van der Waals surface area contributed by atoms with Gasteiger partial charge in [-0.1, -0.05) is 11.6 Å². The monoisotopic (exact) mass is 400 g/mol. The van der Waals surface area contributed by atoms with Crippen molar-refractivity contribution in [1.29, 1.82) is 0 Å². The smallest absolute Gasteiger partial charge is 0.141 e. The van der Waals surface area contributed by atoms with E-state index in [0.717, 1.165) is 42.4 Å². The first-order valence-corrected chi connectivity index (χ1v) is 9.77. The van der Waals surface area contributed by atoms with E-state index < -0.39 is 5.82 Å². The van der Waals surface area contributed by atoms with Crippen LogP contribution in [0.1, 0.15) is 25.7 Å². The molecule has 1 fully saturated rings. The quantitative estimate of drug-likeness (QED) is 0.585. The Labute approximate surface area is 167 Å². The number of benzene rings is 1. The Kier molecular flexibility index (Phi) is 5.54. The van der Waals surface area contributed by atoms with Gasteiger partial charge in [-0.15, -0.1) is 0 Å². The number of fused-ring (bicyclic) bond motifs is 1. The Morgan fingerprint density at radius 1 is 1.04 bits per heavy atom. The Morgan fingerprint density at radius 3 is 2.57 bits per heavy atom. The lowest BCUT2D eigenvalue weighted by Crippen LogP contribution is -2.35. The van der Waals surface area contributed by atoms with Gasteiger partial charge in [-0.25, -0.2) is 19.3 Å². The van der Waals surface area contributed by atoms with Crippen LogP contribution in [0.15, 0.2) is 36.8 Å². The third kappa shape index (κ3) is 4.15. The molecule has 0 unspecified atom stereocenters. The summed E-state index contributed by atoms with van der Waals surface area (Å²) in [7, 11) is 2.02. The number of anilines is 3. The van der Waals surface area contributed by atoms with E-state index in [9.17, 15) is 4.39 Å². The summed E-state index contributed by atoms with van der Waals surface area (Å²) in [6, 6.07) is 7.44. The van der Waals surface area contributed by atoms with Crippen LogP contribution in [-0.4, -0.2) is 34.1 Å². The van der Waals surface area contributed by atoms with Gasteiger partial charge in [-0.05, 0) is 57.0 Å². The van der Waals surface area contributed by atoms with Crippen molar-refractivity contribution in [2.45, 2.75) is 37.8 Å². The molecule has 0 amide bonds. The van der Waals surface area contributed by atoms with E-state index in [2.05, 4.69) is 30.9 Å². The molecule has 2 aromatic heterocycles. The highest BCUT2D eigenvalue weighted by molar-refractivity contribution is 6.31. The molecule has 0 atom stereocenters. The van der Waals surface area contributed by atoms with Gasteiger partial charge in [0.15, 0.2) is 0 Å². The van der Waals surface area contributed by atoms with E-state index in [-0.39, 0.29) is 5.02 Å². The molecule has 3 N–H and O–H groups in total. The third-order valence-electron chi connectivity index (χ3n) is 5.19. The van der Waals surface area contributed by atoms with Crippen LogP contribution < -0.4 is 16.0 Å². The maximum absolute atomic E-state index is 13.4. The predicted molar refractivity (Wildman–Crippen MR) is 111 cm³/mol. The van der Waals surface area contributed by atoms with Gasteiger partial charge in [-0.2, -0.15) is 0 Å². The molecular weight excluding hydrogens is 379 g/mol. The first kappa shape index (κ1) is 18.8. The summed E-state index contributed by atoms with van der Waals surface area (Å²) >= 11 is 5.88. The van der Waals surface area contributed by atoms with Gasteiger partial charge in [0.05, 0.1) is 16.7 Å². The van der Waals surface area contributed by atoms with Gasteiger partial charge in [-0.3, -0.25) is 0 Å². The topological polar surface area (TPSA) is 74.8 Å². The summed E-state index contributed by atoms with van der Waals surface area (Å²) in [6.45, 7) is 0. The largest absolute Gasteiger partial charge is 0.367 e. The summed E-state index contributed by atoms with van der Waals surface area (Å²) in [5, 5.41) is 11.0. The number of nitrogens with zero attached hydrogens (tertiary/aromatic N) is 3.